The van der Waals surface area contributed by atoms with Crippen LogP contribution in [0.5, 0.6) is 17.4 Å². The number of phenols is 1. The lowest BCUT2D eigenvalue weighted by Crippen LogP contribution is -2.53. The maximum absolute atomic E-state index is 14.4. The lowest BCUT2D eigenvalue weighted by Gasteiger charge is -2.36. The normalized spacial score (nSPS) is 22.2. The summed E-state index contributed by atoms with van der Waals surface area (Å²) in [6.45, 7) is 7.60. The summed E-state index contributed by atoms with van der Waals surface area (Å²) in [5.74, 6) is -0.575. The summed E-state index contributed by atoms with van der Waals surface area (Å²) in [5, 5.41) is 24.8. The predicted molar refractivity (Wildman–Crippen MR) is 191 cm³/mol. The Morgan fingerprint density at radius 3 is 2.41 bits per heavy atom. The number of ether oxygens (including phenoxy) is 1. The molecule has 2 fully saturated rings. The minimum atomic E-state index is -0.640. The number of aromatic nitrogens is 3. The first-order valence-corrected chi connectivity index (χ1v) is 18.1. The SMILES string of the molecule is C[C@@H]1CN(Cc2cc(-c3cccc(Oc4ncc(F)cc4C(=O)NC4CCC(NC(=O)c5cc6n(n5)CCCC6)CC4)c3)ccc2O)C[C@H](C)N1. The molecule has 2 aliphatic heterocycles. The zero-order valence-corrected chi connectivity index (χ0v) is 29.2. The van der Waals surface area contributed by atoms with Gasteiger partial charge in [0.2, 0.25) is 5.88 Å². The van der Waals surface area contributed by atoms with Gasteiger partial charge in [-0.3, -0.25) is 19.2 Å². The van der Waals surface area contributed by atoms with E-state index < -0.39 is 11.7 Å². The zero-order valence-electron chi connectivity index (χ0n) is 29.2. The highest BCUT2D eigenvalue weighted by molar-refractivity contribution is 5.96. The van der Waals surface area contributed by atoms with Crippen LogP contribution in [-0.2, 0) is 19.5 Å². The number of pyridine rings is 1. The number of fused-ring (bicyclic) bond motifs is 1. The van der Waals surface area contributed by atoms with Crippen molar-refractivity contribution in [2.24, 2.45) is 0 Å². The van der Waals surface area contributed by atoms with Gasteiger partial charge in [0, 0.05) is 61.6 Å². The monoisotopic (exact) mass is 695 g/mol. The van der Waals surface area contributed by atoms with E-state index >= 15 is 0 Å². The molecule has 4 aromatic rings. The molecule has 2 aromatic heterocycles. The molecule has 2 amide bonds. The van der Waals surface area contributed by atoms with Crippen molar-refractivity contribution < 1.29 is 23.8 Å². The van der Waals surface area contributed by atoms with E-state index in [9.17, 15) is 19.1 Å². The third-order valence-corrected chi connectivity index (χ3v) is 10.1. The van der Waals surface area contributed by atoms with Crippen LogP contribution in [0.4, 0.5) is 4.39 Å². The minimum Gasteiger partial charge on any atom is -0.508 e. The van der Waals surface area contributed by atoms with E-state index in [4.69, 9.17) is 4.74 Å². The van der Waals surface area contributed by atoms with E-state index in [-0.39, 0.29) is 35.2 Å². The second kappa shape index (κ2) is 15.2. The fraction of sp³-hybridized carbons (Fsp3) is 0.436. The molecular weight excluding hydrogens is 649 g/mol. The summed E-state index contributed by atoms with van der Waals surface area (Å²) in [7, 11) is 0. The number of carbonyl (C=O) groups excluding carboxylic acids is 2. The van der Waals surface area contributed by atoms with E-state index in [1.165, 1.54) is 0 Å². The maximum atomic E-state index is 14.4. The number of rotatable bonds is 9. The molecule has 1 saturated carbocycles. The number of hydrogen-bond acceptors (Lipinski definition) is 8. The minimum absolute atomic E-state index is 0.00288. The number of aryl methyl sites for hydroxylation is 2. The molecule has 3 aliphatic rings. The van der Waals surface area contributed by atoms with Gasteiger partial charge in [0.1, 0.15) is 28.6 Å². The van der Waals surface area contributed by atoms with E-state index in [2.05, 4.69) is 44.8 Å². The van der Waals surface area contributed by atoms with Gasteiger partial charge < -0.3 is 25.8 Å². The summed E-state index contributed by atoms with van der Waals surface area (Å²) in [6, 6.07) is 16.6. The number of amides is 2. The van der Waals surface area contributed by atoms with Gasteiger partial charge in [-0.15, -0.1) is 0 Å². The summed E-state index contributed by atoms with van der Waals surface area (Å²) in [5.41, 5.74) is 4.18. The molecular formula is C39H46FN7O4. The molecule has 4 N–H and O–H groups in total. The summed E-state index contributed by atoms with van der Waals surface area (Å²) < 4.78 is 22.5. The maximum Gasteiger partial charge on any atom is 0.272 e. The molecule has 2 aromatic carbocycles. The number of nitrogens with zero attached hydrogens (tertiary/aromatic N) is 4. The Bertz CT molecular complexity index is 1860. The first kappa shape index (κ1) is 34.6. The molecule has 0 spiro atoms. The molecule has 1 aliphatic carbocycles. The predicted octanol–water partition coefficient (Wildman–Crippen LogP) is 5.57. The Morgan fingerprint density at radius 2 is 1.67 bits per heavy atom. The Kier molecular flexibility index (Phi) is 10.3. The van der Waals surface area contributed by atoms with Crippen LogP contribution in [0.2, 0.25) is 0 Å². The van der Waals surface area contributed by atoms with Crippen LogP contribution in [0.25, 0.3) is 11.1 Å². The molecule has 4 heterocycles. The molecule has 1 saturated heterocycles. The number of aromatic hydroxyl groups is 1. The number of carbonyl (C=O) groups is 2. The number of nitrogens with one attached hydrogen (secondary N) is 3. The van der Waals surface area contributed by atoms with Crippen molar-refractivity contribution in [3.8, 4) is 28.5 Å². The Balaban J connectivity index is 0.975. The van der Waals surface area contributed by atoms with Crippen molar-refractivity contribution in [1.29, 1.82) is 0 Å². The average molecular weight is 696 g/mol. The summed E-state index contributed by atoms with van der Waals surface area (Å²) >= 11 is 0. The van der Waals surface area contributed by atoms with Gasteiger partial charge in [0.25, 0.3) is 11.8 Å². The Hall–Kier alpha value is -4.81. The fourth-order valence-electron chi connectivity index (χ4n) is 7.66. The second-order valence-corrected chi connectivity index (χ2v) is 14.3. The van der Waals surface area contributed by atoms with Crippen molar-refractivity contribution >= 4 is 11.8 Å². The molecule has 0 bridgehead atoms. The van der Waals surface area contributed by atoms with Crippen LogP contribution in [0, 0.1) is 5.82 Å². The highest BCUT2D eigenvalue weighted by Gasteiger charge is 2.27. The van der Waals surface area contributed by atoms with Crippen LogP contribution in [0.1, 0.15) is 84.5 Å². The summed E-state index contributed by atoms with van der Waals surface area (Å²) in [6.07, 6.45) is 6.91. The number of hydrogen-bond donors (Lipinski definition) is 4. The van der Waals surface area contributed by atoms with Gasteiger partial charge in [-0.25, -0.2) is 9.37 Å². The van der Waals surface area contributed by atoms with Crippen molar-refractivity contribution in [3.05, 3.63) is 89.1 Å². The number of benzene rings is 2. The van der Waals surface area contributed by atoms with E-state index in [0.29, 0.717) is 55.8 Å². The standard InChI is InChI=1S/C39H46FN7O4/c1-24-21-46(22-25(2)42-24)23-28-16-27(9-14-36(28)48)26-6-5-8-33(17-26)51-39-34(18-29(40)20-41-39)37(49)43-30-10-12-31(13-11-30)44-38(50)35-19-32-7-3-4-15-47(32)45-35/h5-6,8-9,14,16-20,24-25,30-31,42,48H,3-4,7,10-13,15,21-23H2,1-2H3,(H,43,49)(H,44,50)/t24-,25+,30?,31?. The van der Waals surface area contributed by atoms with Crippen LogP contribution < -0.4 is 20.7 Å². The van der Waals surface area contributed by atoms with Gasteiger partial charge in [-0.1, -0.05) is 18.2 Å². The Morgan fingerprint density at radius 1 is 0.941 bits per heavy atom. The first-order valence-electron chi connectivity index (χ1n) is 18.1. The smallest absolute Gasteiger partial charge is 0.272 e. The Labute approximate surface area is 297 Å². The lowest BCUT2D eigenvalue weighted by atomic mass is 9.91. The molecule has 0 unspecified atom stereocenters. The topological polar surface area (TPSA) is 134 Å². The van der Waals surface area contributed by atoms with Gasteiger partial charge >= 0.3 is 0 Å². The molecule has 0 radical (unpaired) electrons. The van der Waals surface area contributed by atoms with Gasteiger partial charge in [-0.2, -0.15) is 5.10 Å². The van der Waals surface area contributed by atoms with Crippen molar-refractivity contribution in [2.75, 3.05) is 13.1 Å². The highest BCUT2D eigenvalue weighted by Crippen LogP contribution is 2.32. The van der Waals surface area contributed by atoms with Crippen molar-refractivity contribution in [3.63, 3.8) is 0 Å². The van der Waals surface area contributed by atoms with E-state index in [1.807, 2.05) is 41.1 Å². The van der Waals surface area contributed by atoms with Gasteiger partial charge in [0.05, 0.1) is 6.20 Å². The van der Waals surface area contributed by atoms with Crippen LogP contribution in [-0.4, -0.2) is 73.8 Å². The third-order valence-electron chi connectivity index (χ3n) is 10.1. The fourth-order valence-corrected chi connectivity index (χ4v) is 7.66. The third kappa shape index (κ3) is 8.40. The second-order valence-electron chi connectivity index (χ2n) is 14.3. The van der Waals surface area contributed by atoms with Crippen molar-refractivity contribution in [2.45, 2.75) is 96.1 Å². The molecule has 51 heavy (non-hydrogen) atoms. The first-order chi connectivity index (χ1) is 24.7. The average Bonchev–Trinajstić information content (AvgIpc) is 3.55. The largest absolute Gasteiger partial charge is 0.508 e. The van der Waals surface area contributed by atoms with Crippen LogP contribution in [0.3, 0.4) is 0 Å². The van der Waals surface area contributed by atoms with Gasteiger partial charge in [0.15, 0.2) is 0 Å². The van der Waals surface area contributed by atoms with Crippen LogP contribution in [0.15, 0.2) is 60.8 Å². The number of halogens is 1. The van der Waals surface area contributed by atoms with Gasteiger partial charge in [-0.05, 0) is 106 Å². The van der Waals surface area contributed by atoms with E-state index in [0.717, 1.165) is 73.5 Å². The molecule has 7 rings (SSSR count). The van der Waals surface area contributed by atoms with Crippen LogP contribution >= 0.6 is 0 Å². The molecule has 2 atom stereocenters. The van der Waals surface area contributed by atoms with Crippen molar-refractivity contribution in [1.82, 2.24) is 35.6 Å². The zero-order chi connectivity index (χ0) is 35.5. The lowest BCUT2D eigenvalue weighted by molar-refractivity contribution is 0.0887. The summed E-state index contributed by atoms with van der Waals surface area (Å²) in [4.78, 5) is 32.8. The number of piperazine rings is 1. The molecule has 268 valence electrons. The highest BCUT2D eigenvalue weighted by atomic mass is 19.1. The quantitative estimate of drug-likeness (QED) is 0.179. The number of phenolic OH excluding ortho intramolecular Hbond substituents is 1. The molecule has 11 nitrogen and oxygen atoms in total. The van der Waals surface area contributed by atoms with E-state index in [1.54, 1.807) is 12.1 Å². The molecule has 12 heteroatoms.